The molecule has 7 heteroatoms. The molecule has 1 aliphatic heterocycles. The smallest absolute Gasteiger partial charge is 0.286 e. The third-order valence-corrected chi connectivity index (χ3v) is 2.35. The SMILES string of the molecule is C=C.CC.CC(C)c1ncc(C(N)=O)o1.O=C1CCCC(=O)N1. The van der Waals surface area contributed by atoms with Crippen molar-refractivity contribution in [2.75, 3.05) is 0 Å². The minimum Gasteiger partial charge on any atom is -0.435 e. The van der Waals surface area contributed by atoms with Crippen molar-refractivity contribution in [3.63, 3.8) is 0 Å². The van der Waals surface area contributed by atoms with Gasteiger partial charge in [0.1, 0.15) is 0 Å². The first-order valence-corrected chi connectivity index (χ1v) is 7.48. The third kappa shape index (κ3) is 10.00. The number of carbonyl (C=O) groups excluding carboxylic acids is 3. The fourth-order valence-electron chi connectivity index (χ4n) is 1.36. The number of imide groups is 1. The molecule has 0 radical (unpaired) electrons. The van der Waals surface area contributed by atoms with Crippen molar-refractivity contribution in [2.45, 2.75) is 52.9 Å². The fourth-order valence-corrected chi connectivity index (χ4v) is 1.36. The highest BCUT2D eigenvalue weighted by Gasteiger charge is 2.13. The van der Waals surface area contributed by atoms with E-state index >= 15 is 0 Å². The topological polar surface area (TPSA) is 115 Å². The number of aromatic nitrogens is 1. The highest BCUT2D eigenvalue weighted by Crippen LogP contribution is 2.13. The van der Waals surface area contributed by atoms with Crippen LogP contribution in [0.2, 0.25) is 0 Å². The van der Waals surface area contributed by atoms with Crippen LogP contribution >= 0.6 is 0 Å². The Balaban J connectivity index is 0. The lowest BCUT2D eigenvalue weighted by Gasteiger charge is -2.07. The fraction of sp³-hybridized carbons (Fsp3) is 0.500. The molecule has 1 aromatic rings. The van der Waals surface area contributed by atoms with Gasteiger partial charge in [0.2, 0.25) is 17.6 Å². The number of nitrogens with zero attached hydrogens (tertiary/aromatic N) is 1. The molecule has 0 aromatic carbocycles. The van der Waals surface area contributed by atoms with Gasteiger partial charge in [0.05, 0.1) is 6.20 Å². The predicted octanol–water partition coefficient (Wildman–Crippen LogP) is 2.54. The molecule has 7 nitrogen and oxygen atoms in total. The van der Waals surface area contributed by atoms with Crippen molar-refractivity contribution in [2.24, 2.45) is 5.73 Å². The van der Waals surface area contributed by atoms with Crippen LogP contribution in [0.15, 0.2) is 23.8 Å². The van der Waals surface area contributed by atoms with Crippen LogP contribution in [0.5, 0.6) is 0 Å². The first-order chi connectivity index (χ1) is 10.9. The van der Waals surface area contributed by atoms with E-state index in [2.05, 4.69) is 23.5 Å². The molecule has 0 saturated carbocycles. The van der Waals surface area contributed by atoms with Crippen molar-refractivity contribution < 1.29 is 18.8 Å². The second kappa shape index (κ2) is 13.2. The number of nitrogens with one attached hydrogen (secondary N) is 1. The molecular formula is C16H27N3O4. The number of hydrogen-bond acceptors (Lipinski definition) is 5. The van der Waals surface area contributed by atoms with Crippen LogP contribution in [0.4, 0.5) is 0 Å². The van der Waals surface area contributed by atoms with Crippen LogP contribution in [0.25, 0.3) is 0 Å². The molecule has 0 spiro atoms. The Kier molecular flexibility index (Phi) is 13.1. The number of hydrogen-bond donors (Lipinski definition) is 2. The first kappa shape index (κ1) is 22.8. The van der Waals surface area contributed by atoms with E-state index in [1.165, 1.54) is 6.20 Å². The van der Waals surface area contributed by atoms with Crippen molar-refractivity contribution in [1.82, 2.24) is 10.3 Å². The summed E-state index contributed by atoms with van der Waals surface area (Å²) in [4.78, 5) is 35.1. The van der Waals surface area contributed by atoms with Crippen molar-refractivity contribution >= 4 is 17.7 Å². The van der Waals surface area contributed by atoms with Crippen LogP contribution in [0.3, 0.4) is 0 Å². The summed E-state index contributed by atoms with van der Waals surface area (Å²) in [5, 5.41) is 2.20. The lowest BCUT2D eigenvalue weighted by atomic mass is 10.1. The van der Waals surface area contributed by atoms with Gasteiger partial charge in [0.15, 0.2) is 5.89 Å². The van der Waals surface area contributed by atoms with Crippen molar-refractivity contribution in [1.29, 1.82) is 0 Å². The Morgan fingerprint density at radius 1 is 1.26 bits per heavy atom. The Morgan fingerprint density at radius 2 is 1.74 bits per heavy atom. The van der Waals surface area contributed by atoms with Crippen LogP contribution in [0.1, 0.15) is 69.3 Å². The number of amides is 3. The maximum atomic E-state index is 10.5. The lowest BCUT2D eigenvalue weighted by Crippen LogP contribution is -2.33. The number of primary amides is 1. The van der Waals surface area contributed by atoms with Crippen molar-refractivity contribution in [3.8, 4) is 0 Å². The zero-order valence-electron chi connectivity index (χ0n) is 14.3. The second-order valence-electron chi connectivity index (χ2n) is 4.41. The molecule has 3 amide bonds. The van der Waals surface area contributed by atoms with Gasteiger partial charge in [0.25, 0.3) is 5.91 Å². The van der Waals surface area contributed by atoms with E-state index in [0.29, 0.717) is 25.2 Å². The van der Waals surface area contributed by atoms with Gasteiger partial charge in [-0.2, -0.15) is 0 Å². The average molecular weight is 325 g/mol. The third-order valence-electron chi connectivity index (χ3n) is 2.35. The molecule has 0 atom stereocenters. The normalized spacial score (nSPS) is 12.6. The average Bonchev–Trinajstić information content (AvgIpc) is 3.02. The Hall–Kier alpha value is -2.44. The highest BCUT2D eigenvalue weighted by molar-refractivity contribution is 5.97. The molecular weight excluding hydrogens is 298 g/mol. The predicted molar refractivity (Wildman–Crippen MR) is 88.7 cm³/mol. The van der Waals surface area contributed by atoms with Gasteiger partial charge in [-0.05, 0) is 6.42 Å². The molecule has 0 bridgehead atoms. The second-order valence-corrected chi connectivity index (χ2v) is 4.41. The minimum absolute atomic E-state index is 0.119. The molecule has 3 N–H and O–H groups in total. The van der Waals surface area contributed by atoms with E-state index in [9.17, 15) is 14.4 Å². The quantitative estimate of drug-likeness (QED) is 0.640. The van der Waals surface area contributed by atoms with Gasteiger partial charge in [0, 0.05) is 18.8 Å². The maximum absolute atomic E-state index is 10.5. The molecule has 23 heavy (non-hydrogen) atoms. The van der Waals surface area contributed by atoms with Crippen LogP contribution < -0.4 is 11.1 Å². The number of carbonyl (C=O) groups is 3. The first-order valence-electron chi connectivity index (χ1n) is 7.48. The summed E-state index contributed by atoms with van der Waals surface area (Å²) < 4.78 is 5.02. The molecule has 2 heterocycles. The maximum Gasteiger partial charge on any atom is 0.286 e. The molecule has 1 aliphatic rings. The van der Waals surface area contributed by atoms with E-state index in [1.54, 1.807) is 0 Å². The molecule has 1 saturated heterocycles. The standard InChI is InChI=1S/C7H10N2O2.C5H7NO2.C2H6.C2H4/c1-4(2)7-9-3-5(11-7)6(8)10;7-4-2-1-3-5(8)6-4;2*1-2/h3-4H,1-2H3,(H2,8,10);1-3H2,(H,6,7,8);1-2H3;1-2H2. The van der Waals surface area contributed by atoms with Crippen LogP contribution in [-0.4, -0.2) is 22.7 Å². The summed E-state index contributed by atoms with van der Waals surface area (Å²) >= 11 is 0. The van der Waals surface area contributed by atoms with Gasteiger partial charge < -0.3 is 10.2 Å². The molecule has 1 fully saturated rings. The number of oxazole rings is 1. The Bertz CT molecular complexity index is 481. The molecule has 2 rings (SSSR count). The minimum atomic E-state index is -0.579. The molecule has 1 aromatic heterocycles. The zero-order chi connectivity index (χ0) is 18.4. The lowest BCUT2D eigenvalue weighted by molar-refractivity contribution is -0.132. The molecule has 0 aliphatic carbocycles. The summed E-state index contributed by atoms with van der Waals surface area (Å²) in [5.41, 5.74) is 4.95. The van der Waals surface area contributed by atoms with E-state index in [1.807, 2.05) is 27.7 Å². The summed E-state index contributed by atoms with van der Waals surface area (Å²) in [6, 6.07) is 0. The van der Waals surface area contributed by atoms with E-state index in [0.717, 1.165) is 0 Å². The number of piperidine rings is 1. The zero-order valence-corrected chi connectivity index (χ0v) is 14.3. The largest absolute Gasteiger partial charge is 0.435 e. The summed E-state index contributed by atoms with van der Waals surface area (Å²) in [6.07, 6.45) is 3.07. The summed E-state index contributed by atoms with van der Waals surface area (Å²) in [7, 11) is 0. The van der Waals surface area contributed by atoms with Gasteiger partial charge in [-0.15, -0.1) is 13.2 Å². The van der Waals surface area contributed by atoms with E-state index < -0.39 is 5.91 Å². The van der Waals surface area contributed by atoms with E-state index in [4.69, 9.17) is 10.2 Å². The number of rotatable bonds is 2. The van der Waals surface area contributed by atoms with Crippen molar-refractivity contribution in [3.05, 3.63) is 31.0 Å². The van der Waals surface area contributed by atoms with E-state index in [-0.39, 0.29) is 23.5 Å². The Labute approximate surface area is 137 Å². The summed E-state index contributed by atoms with van der Waals surface area (Å²) in [5.74, 6) is -0.0116. The van der Waals surface area contributed by atoms with Gasteiger partial charge in [-0.25, -0.2) is 4.98 Å². The molecule has 130 valence electrons. The highest BCUT2D eigenvalue weighted by atomic mass is 16.4. The van der Waals surface area contributed by atoms with Crippen LogP contribution in [0, 0.1) is 0 Å². The molecule has 0 unspecified atom stereocenters. The van der Waals surface area contributed by atoms with Crippen LogP contribution in [-0.2, 0) is 9.59 Å². The summed E-state index contributed by atoms with van der Waals surface area (Å²) in [6.45, 7) is 13.9. The monoisotopic (exact) mass is 325 g/mol. The van der Waals surface area contributed by atoms with Gasteiger partial charge in [-0.1, -0.05) is 27.7 Å². The van der Waals surface area contributed by atoms with Gasteiger partial charge in [-0.3, -0.25) is 19.7 Å². The van der Waals surface area contributed by atoms with Gasteiger partial charge >= 0.3 is 0 Å². The number of nitrogens with two attached hydrogens (primary N) is 1. The Morgan fingerprint density at radius 3 is 1.96 bits per heavy atom.